The Morgan fingerprint density at radius 2 is 2.20 bits per heavy atom. The smallest absolute Gasteiger partial charge is 0.147 e. The van der Waals surface area contributed by atoms with Gasteiger partial charge < -0.3 is 14.6 Å². The molecule has 4 nitrogen and oxygen atoms in total. The van der Waals surface area contributed by atoms with E-state index in [1.165, 1.54) is 0 Å². The number of furan rings is 1. The third-order valence-electron chi connectivity index (χ3n) is 2.95. The topological polar surface area (TPSA) is 41.3 Å². The van der Waals surface area contributed by atoms with Gasteiger partial charge in [0, 0.05) is 37.9 Å². The fraction of sp³-hybridized carbons (Fsp3) is 0.400. The Hall–Kier alpha value is -1.52. The Kier molecular flexibility index (Phi) is 5.04. The summed E-state index contributed by atoms with van der Waals surface area (Å²) in [6, 6.07) is 4.34. The standard InChI is InChI=1S/C15H20ClN3O/c1-11(2)17-7-13-6-14(16)15(18-8-13)19(3)9-12-4-5-20-10-12/h4-6,8,10-11,17H,7,9H2,1-3H3. The lowest BCUT2D eigenvalue weighted by molar-refractivity contribution is 0.563. The zero-order valence-corrected chi connectivity index (χ0v) is 12.8. The van der Waals surface area contributed by atoms with Gasteiger partial charge in [0.1, 0.15) is 5.82 Å². The summed E-state index contributed by atoms with van der Waals surface area (Å²) in [5.74, 6) is 0.779. The van der Waals surface area contributed by atoms with Gasteiger partial charge in [-0.3, -0.25) is 0 Å². The van der Waals surface area contributed by atoms with Gasteiger partial charge in [0.05, 0.1) is 17.5 Å². The van der Waals surface area contributed by atoms with Crippen LogP contribution in [0.5, 0.6) is 0 Å². The van der Waals surface area contributed by atoms with Crippen LogP contribution in [0.15, 0.2) is 35.3 Å². The van der Waals surface area contributed by atoms with Crippen LogP contribution in [0.1, 0.15) is 25.0 Å². The lowest BCUT2D eigenvalue weighted by Crippen LogP contribution is -2.22. The highest BCUT2D eigenvalue weighted by molar-refractivity contribution is 6.33. The van der Waals surface area contributed by atoms with Gasteiger partial charge >= 0.3 is 0 Å². The van der Waals surface area contributed by atoms with Crippen molar-refractivity contribution in [2.45, 2.75) is 33.0 Å². The number of anilines is 1. The Labute approximate surface area is 124 Å². The highest BCUT2D eigenvalue weighted by Gasteiger charge is 2.10. The molecule has 2 rings (SSSR count). The molecule has 0 aliphatic rings. The zero-order valence-electron chi connectivity index (χ0n) is 12.1. The molecule has 0 bridgehead atoms. The van der Waals surface area contributed by atoms with E-state index in [1.807, 2.05) is 30.3 Å². The molecule has 0 fully saturated rings. The van der Waals surface area contributed by atoms with Gasteiger partial charge in [-0.05, 0) is 17.7 Å². The first-order valence-corrected chi connectivity index (χ1v) is 7.04. The molecular weight excluding hydrogens is 274 g/mol. The predicted octanol–water partition coefficient (Wildman–Crippen LogP) is 3.46. The molecule has 2 heterocycles. The van der Waals surface area contributed by atoms with Crippen LogP contribution in [0.3, 0.4) is 0 Å². The van der Waals surface area contributed by atoms with E-state index in [2.05, 4.69) is 24.1 Å². The van der Waals surface area contributed by atoms with Crippen LogP contribution in [0.25, 0.3) is 0 Å². The van der Waals surface area contributed by atoms with Crippen LogP contribution < -0.4 is 10.2 Å². The van der Waals surface area contributed by atoms with Crippen molar-refractivity contribution in [2.75, 3.05) is 11.9 Å². The lowest BCUT2D eigenvalue weighted by Gasteiger charge is -2.19. The summed E-state index contributed by atoms with van der Waals surface area (Å²) in [6.45, 7) is 5.72. The summed E-state index contributed by atoms with van der Waals surface area (Å²) in [5.41, 5.74) is 2.18. The molecule has 0 aliphatic heterocycles. The highest BCUT2D eigenvalue weighted by Crippen LogP contribution is 2.24. The maximum atomic E-state index is 6.32. The Balaban J connectivity index is 2.05. The van der Waals surface area contributed by atoms with Gasteiger partial charge in [0.25, 0.3) is 0 Å². The van der Waals surface area contributed by atoms with Gasteiger partial charge in [-0.25, -0.2) is 4.98 Å². The first-order chi connectivity index (χ1) is 9.56. The van der Waals surface area contributed by atoms with E-state index in [0.717, 1.165) is 23.5 Å². The number of rotatable bonds is 6. The van der Waals surface area contributed by atoms with Gasteiger partial charge in [-0.1, -0.05) is 25.4 Å². The minimum atomic E-state index is 0.442. The van der Waals surface area contributed by atoms with Crippen molar-refractivity contribution in [3.05, 3.63) is 47.0 Å². The summed E-state index contributed by atoms with van der Waals surface area (Å²) in [7, 11) is 1.97. The molecule has 0 atom stereocenters. The molecule has 0 radical (unpaired) electrons. The molecule has 0 aliphatic carbocycles. The Morgan fingerprint density at radius 3 is 2.80 bits per heavy atom. The van der Waals surface area contributed by atoms with Gasteiger partial charge in [-0.15, -0.1) is 0 Å². The molecule has 0 spiro atoms. The van der Waals surface area contributed by atoms with E-state index in [0.29, 0.717) is 17.6 Å². The molecule has 2 aromatic heterocycles. The second-order valence-electron chi connectivity index (χ2n) is 5.17. The molecule has 1 N–H and O–H groups in total. The van der Waals surface area contributed by atoms with E-state index < -0.39 is 0 Å². The van der Waals surface area contributed by atoms with Crippen molar-refractivity contribution in [1.29, 1.82) is 0 Å². The molecular formula is C15H20ClN3O. The normalized spacial score (nSPS) is 11.1. The lowest BCUT2D eigenvalue weighted by atomic mass is 10.2. The first kappa shape index (κ1) is 14.9. The van der Waals surface area contributed by atoms with E-state index in [9.17, 15) is 0 Å². The van der Waals surface area contributed by atoms with Gasteiger partial charge in [0.2, 0.25) is 0 Å². The van der Waals surface area contributed by atoms with E-state index in [1.54, 1.807) is 12.5 Å². The van der Waals surface area contributed by atoms with Crippen LogP contribution in [-0.2, 0) is 13.1 Å². The van der Waals surface area contributed by atoms with Crippen molar-refractivity contribution in [3.63, 3.8) is 0 Å². The van der Waals surface area contributed by atoms with E-state index >= 15 is 0 Å². The van der Waals surface area contributed by atoms with Gasteiger partial charge in [0.15, 0.2) is 0 Å². The molecule has 2 aromatic rings. The summed E-state index contributed by atoms with van der Waals surface area (Å²) in [4.78, 5) is 6.47. The highest BCUT2D eigenvalue weighted by atomic mass is 35.5. The Morgan fingerprint density at radius 1 is 1.40 bits per heavy atom. The summed E-state index contributed by atoms with van der Waals surface area (Å²) >= 11 is 6.32. The number of pyridine rings is 1. The fourth-order valence-corrected chi connectivity index (χ4v) is 2.23. The van der Waals surface area contributed by atoms with Crippen LogP contribution in [0.4, 0.5) is 5.82 Å². The first-order valence-electron chi connectivity index (χ1n) is 6.66. The van der Waals surface area contributed by atoms with E-state index in [-0.39, 0.29) is 0 Å². The third kappa shape index (κ3) is 3.99. The summed E-state index contributed by atoms with van der Waals surface area (Å²) in [6.07, 6.45) is 5.26. The minimum absolute atomic E-state index is 0.442. The molecule has 0 saturated carbocycles. The predicted molar refractivity (Wildman–Crippen MR) is 82.0 cm³/mol. The summed E-state index contributed by atoms with van der Waals surface area (Å²) < 4.78 is 5.07. The second-order valence-corrected chi connectivity index (χ2v) is 5.58. The monoisotopic (exact) mass is 293 g/mol. The largest absolute Gasteiger partial charge is 0.472 e. The molecule has 20 heavy (non-hydrogen) atoms. The average molecular weight is 294 g/mol. The minimum Gasteiger partial charge on any atom is -0.472 e. The second kappa shape index (κ2) is 6.77. The Bertz CT molecular complexity index is 540. The zero-order chi connectivity index (χ0) is 14.5. The molecule has 0 saturated heterocycles. The molecule has 5 heteroatoms. The number of halogens is 1. The molecule has 0 unspecified atom stereocenters. The van der Waals surface area contributed by atoms with Crippen molar-refractivity contribution < 1.29 is 4.42 Å². The maximum Gasteiger partial charge on any atom is 0.147 e. The number of hydrogen-bond donors (Lipinski definition) is 1. The van der Waals surface area contributed by atoms with Crippen LogP contribution in [-0.4, -0.2) is 18.1 Å². The molecule has 0 aromatic carbocycles. The third-order valence-corrected chi connectivity index (χ3v) is 3.23. The number of aromatic nitrogens is 1. The maximum absolute atomic E-state index is 6.32. The number of nitrogens with zero attached hydrogens (tertiary/aromatic N) is 2. The fourth-order valence-electron chi connectivity index (χ4n) is 1.90. The molecule has 108 valence electrons. The van der Waals surface area contributed by atoms with Crippen molar-refractivity contribution in [3.8, 4) is 0 Å². The van der Waals surface area contributed by atoms with Crippen molar-refractivity contribution >= 4 is 17.4 Å². The van der Waals surface area contributed by atoms with Crippen LogP contribution in [0.2, 0.25) is 5.02 Å². The van der Waals surface area contributed by atoms with Crippen molar-refractivity contribution in [1.82, 2.24) is 10.3 Å². The quantitative estimate of drug-likeness (QED) is 0.885. The van der Waals surface area contributed by atoms with Crippen molar-refractivity contribution in [2.24, 2.45) is 0 Å². The van der Waals surface area contributed by atoms with Crippen LogP contribution in [0, 0.1) is 0 Å². The average Bonchev–Trinajstić information content (AvgIpc) is 2.89. The van der Waals surface area contributed by atoms with E-state index in [4.69, 9.17) is 16.0 Å². The summed E-state index contributed by atoms with van der Waals surface area (Å²) in [5, 5.41) is 4.02. The van der Waals surface area contributed by atoms with Gasteiger partial charge in [-0.2, -0.15) is 0 Å². The SMILES string of the molecule is CC(C)NCc1cnc(N(C)Cc2ccoc2)c(Cl)c1. The number of hydrogen-bond acceptors (Lipinski definition) is 4. The number of nitrogens with one attached hydrogen (secondary N) is 1. The van der Waals surface area contributed by atoms with Crippen LogP contribution >= 0.6 is 11.6 Å². The molecule has 0 amide bonds.